The smallest absolute Gasteiger partial charge is 0.223 e. The highest BCUT2D eigenvalue weighted by Gasteiger charge is 2.28. The normalized spacial score (nSPS) is 29.7. The molecule has 1 amide bonds. The average molecular weight is 252 g/mol. The summed E-state index contributed by atoms with van der Waals surface area (Å²) in [5.41, 5.74) is 0. The lowest BCUT2D eigenvalue weighted by Gasteiger charge is -2.32. The highest BCUT2D eigenvalue weighted by Crippen LogP contribution is 2.27. The van der Waals surface area contributed by atoms with Gasteiger partial charge in [-0.3, -0.25) is 4.79 Å². The molecule has 0 heterocycles. The van der Waals surface area contributed by atoms with Crippen LogP contribution in [0.3, 0.4) is 0 Å². The number of nitrogens with zero attached hydrogens (tertiary/aromatic N) is 1. The van der Waals surface area contributed by atoms with Crippen molar-refractivity contribution in [3.05, 3.63) is 0 Å². The van der Waals surface area contributed by atoms with Crippen molar-refractivity contribution in [2.75, 3.05) is 20.6 Å². The molecule has 2 aliphatic rings. The maximum Gasteiger partial charge on any atom is 0.223 e. The minimum absolute atomic E-state index is 0.257. The Morgan fingerprint density at radius 2 is 1.83 bits per heavy atom. The number of carbonyl (C=O) groups is 1. The van der Waals surface area contributed by atoms with Gasteiger partial charge in [0.1, 0.15) is 0 Å². The van der Waals surface area contributed by atoms with Crippen molar-refractivity contribution in [3.63, 3.8) is 0 Å². The second-order valence-electron chi connectivity index (χ2n) is 6.38. The first-order valence-electron chi connectivity index (χ1n) is 7.61. The maximum absolute atomic E-state index is 12.2. The van der Waals surface area contributed by atoms with Crippen LogP contribution in [0.2, 0.25) is 0 Å². The molecular weight excluding hydrogens is 224 g/mol. The average Bonchev–Trinajstić information content (AvgIpc) is 2.89. The molecule has 3 heteroatoms. The first-order chi connectivity index (χ1) is 8.66. The van der Waals surface area contributed by atoms with Crippen molar-refractivity contribution in [2.45, 2.75) is 57.4 Å². The van der Waals surface area contributed by atoms with Gasteiger partial charge in [0.25, 0.3) is 0 Å². The number of carbonyl (C=O) groups excluding carboxylic acids is 1. The third kappa shape index (κ3) is 3.71. The van der Waals surface area contributed by atoms with Crippen LogP contribution in [0.1, 0.15) is 51.4 Å². The predicted octanol–water partition coefficient (Wildman–Crippen LogP) is 2.41. The van der Waals surface area contributed by atoms with Gasteiger partial charge in [-0.25, -0.2) is 0 Å². The van der Waals surface area contributed by atoms with E-state index in [0.717, 1.165) is 25.3 Å². The summed E-state index contributed by atoms with van der Waals surface area (Å²) < 4.78 is 0. The lowest BCUT2D eigenvalue weighted by atomic mass is 9.84. The zero-order valence-corrected chi connectivity index (χ0v) is 12.0. The molecule has 0 saturated heterocycles. The number of hydrogen-bond donors (Lipinski definition) is 1. The lowest BCUT2D eigenvalue weighted by Crippen LogP contribution is -2.40. The summed E-state index contributed by atoms with van der Waals surface area (Å²) in [5.74, 6) is 1.32. The molecule has 0 radical (unpaired) electrons. The van der Waals surface area contributed by atoms with E-state index in [1.54, 1.807) is 0 Å². The molecule has 2 atom stereocenters. The standard InChI is InChI=1S/C15H28N2O/c1-17(2)14-9-5-8-13(10-14)15(18)16-11-12-6-3-4-7-12/h12-14H,3-11H2,1-2H3,(H,16,18)/t13-,14-/m0/s1. The topological polar surface area (TPSA) is 32.3 Å². The number of rotatable bonds is 4. The van der Waals surface area contributed by atoms with E-state index in [1.165, 1.54) is 38.5 Å². The molecule has 2 fully saturated rings. The minimum atomic E-state index is 0.257. The molecule has 3 nitrogen and oxygen atoms in total. The lowest BCUT2D eigenvalue weighted by molar-refractivity contribution is -0.126. The summed E-state index contributed by atoms with van der Waals surface area (Å²) in [6, 6.07) is 0.598. The van der Waals surface area contributed by atoms with Crippen LogP contribution in [0.5, 0.6) is 0 Å². The van der Waals surface area contributed by atoms with Crippen molar-refractivity contribution in [2.24, 2.45) is 11.8 Å². The maximum atomic E-state index is 12.2. The van der Waals surface area contributed by atoms with Crippen molar-refractivity contribution >= 4 is 5.91 Å². The Morgan fingerprint density at radius 1 is 1.11 bits per heavy atom. The Bertz CT molecular complexity index is 272. The van der Waals surface area contributed by atoms with Crippen LogP contribution in [0.15, 0.2) is 0 Å². The van der Waals surface area contributed by atoms with Gasteiger partial charge >= 0.3 is 0 Å². The van der Waals surface area contributed by atoms with E-state index < -0.39 is 0 Å². The Hall–Kier alpha value is -0.570. The first kappa shape index (κ1) is 13.9. The Balaban J connectivity index is 1.73. The Labute approximate surface area is 111 Å². The first-order valence-corrected chi connectivity index (χ1v) is 7.61. The van der Waals surface area contributed by atoms with Crippen LogP contribution in [0.25, 0.3) is 0 Å². The van der Waals surface area contributed by atoms with E-state index in [4.69, 9.17) is 0 Å². The molecule has 0 aromatic carbocycles. The summed E-state index contributed by atoms with van der Waals surface area (Å²) in [4.78, 5) is 14.5. The molecule has 1 N–H and O–H groups in total. The molecular formula is C15H28N2O. The fourth-order valence-electron chi connectivity index (χ4n) is 3.47. The number of nitrogens with one attached hydrogen (secondary N) is 1. The molecule has 2 rings (SSSR count). The van der Waals surface area contributed by atoms with Gasteiger partial charge in [-0.15, -0.1) is 0 Å². The predicted molar refractivity (Wildman–Crippen MR) is 74.4 cm³/mol. The molecule has 0 bridgehead atoms. The van der Waals surface area contributed by atoms with E-state index in [0.29, 0.717) is 11.9 Å². The summed E-state index contributed by atoms with van der Waals surface area (Å²) >= 11 is 0. The van der Waals surface area contributed by atoms with Gasteiger partial charge in [-0.05, 0) is 52.1 Å². The van der Waals surface area contributed by atoms with Gasteiger partial charge in [0, 0.05) is 18.5 Å². The summed E-state index contributed by atoms with van der Waals surface area (Å²) in [7, 11) is 4.26. The third-order valence-corrected chi connectivity index (χ3v) is 4.79. The Kier molecular flexibility index (Phi) is 5.04. The van der Waals surface area contributed by atoms with E-state index >= 15 is 0 Å². The van der Waals surface area contributed by atoms with Crippen LogP contribution >= 0.6 is 0 Å². The van der Waals surface area contributed by atoms with Gasteiger partial charge in [-0.2, -0.15) is 0 Å². The van der Waals surface area contributed by atoms with Crippen LogP contribution in [-0.2, 0) is 4.79 Å². The number of hydrogen-bond acceptors (Lipinski definition) is 2. The highest BCUT2D eigenvalue weighted by atomic mass is 16.1. The minimum Gasteiger partial charge on any atom is -0.356 e. The fourth-order valence-corrected chi connectivity index (χ4v) is 3.47. The largest absolute Gasteiger partial charge is 0.356 e. The molecule has 0 spiro atoms. The van der Waals surface area contributed by atoms with E-state index in [-0.39, 0.29) is 5.92 Å². The molecule has 2 saturated carbocycles. The van der Waals surface area contributed by atoms with Gasteiger partial charge in [-0.1, -0.05) is 19.3 Å². The van der Waals surface area contributed by atoms with Crippen molar-refractivity contribution in [1.29, 1.82) is 0 Å². The van der Waals surface area contributed by atoms with Gasteiger partial charge in [0.15, 0.2) is 0 Å². The summed E-state index contributed by atoms with van der Waals surface area (Å²) in [6.45, 7) is 0.919. The highest BCUT2D eigenvalue weighted by molar-refractivity contribution is 5.78. The fraction of sp³-hybridized carbons (Fsp3) is 0.933. The molecule has 104 valence electrons. The number of amides is 1. The quantitative estimate of drug-likeness (QED) is 0.833. The van der Waals surface area contributed by atoms with Crippen molar-refractivity contribution in [1.82, 2.24) is 10.2 Å². The van der Waals surface area contributed by atoms with E-state index in [2.05, 4.69) is 24.3 Å². The molecule has 18 heavy (non-hydrogen) atoms. The molecule has 0 aliphatic heterocycles. The van der Waals surface area contributed by atoms with Crippen LogP contribution in [-0.4, -0.2) is 37.5 Å². The second-order valence-corrected chi connectivity index (χ2v) is 6.38. The van der Waals surface area contributed by atoms with Gasteiger partial charge in [0.2, 0.25) is 5.91 Å². The molecule has 0 aromatic heterocycles. The monoisotopic (exact) mass is 252 g/mol. The zero-order valence-electron chi connectivity index (χ0n) is 12.0. The van der Waals surface area contributed by atoms with E-state index in [1.807, 2.05) is 0 Å². The summed E-state index contributed by atoms with van der Waals surface area (Å²) in [6.07, 6.45) is 9.91. The van der Waals surface area contributed by atoms with Crippen molar-refractivity contribution < 1.29 is 4.79 Å². The SMILES string of the molecule is CN(C)[C@H]1CCC[C@H](C(=O)NCC2CCCC2)C1. The molecule has 0 unspecified atom stereocenters. The summed E-state index contributed by atoms with van der Waals surface area (Å²) in [5, 5.41) is 3.20. The van der Waals surface area contributed by atoms with Crippen LogP contribution < -0.4 is 5.32 Å². The second kappa shape index (κ2) is 6.55. The third-order valence-electron chi connectivity index (χ3n) is 4.79. The van der Waals surface area contributed by atoms with Gasteiger partial charge in [0.05, 0.1) is 0 Å². The van der Waals surface area contributed by atoms with E-state index in [9.17, 15) is 4.79 Å². The molecule has 0 aromatic rings. The van der Waals surface area contributed by atoms with Crippen LogP contribution in [0, 0.1) is 11.8 Å². The van der Waals surface area contributed by atoms with Crippen LogP contribution in [0.4, 0.5) is 0 Å². The Morgan fingerprint density at radius 3 is 2.50 bits per heavy atom. The van der Waals surface area contributed by atoms with Crippen molar-refractivity contribution in [3.8, 4) is 0 Å². The molecule has 2 aliphatic carbocycles. The zero-order chi connectivity index (χ0) is 13.0. The van der Waals surface area contributed by atoms with Gasteiger partial charge < -0.3 is 10.2 Å².